The van der Waals surface area contributed by atoms with Gasteiger partial charge in [-0.2, -0.15) is 0 Å². The summed E-state index contributed by atoms with van der Waals surface area (Å²) in [5.74, 6) is 1.53. The Kier molecular flexibility index (Phi) is 3.72. The highest BCUT2D eigenvalue weighted by molar-refractivity contribution is 6.17. The van der Waals surface area contributed by atoms with Gasteiger partial charge in [0.05, 0.1) is 5.56 Å². The quantitative estimate of drug-likeness (QED) is 0.854. The number of rotatable bonds is 3. The van der Waals surface area contributed by atoms with Gasteiger partial charge in [-0.15, -0.1) is 11.6 Å². The molecule has 1 heterocycles. The fourth-order valence-corrected chi connectivity index (χ4v) is 2.04. The van der Waals surface area contributed by atoms with E-state index in [1.54, 1.807) is 13.0 Å². The van der Waals surface area contributed by atoms with Crippen molar-refractivity contribution < 1.29 is 9.21 Å². The van der Waals surface area contributed by atoms with Crippen LogP contribution in [0.25, 0.3) is 0 Å². The van der Waals surface area contributed by atoms with Crippen LogP contribution in [0.4, 0.5) is 5.69 Å². The van der Waals surface area contributed by atoms with Gasteiger partial charge < -0.3 is 9.73 Å². The third-order valence-corrected chi connectivity index (χ3v) is 2.98. The summed E-state index contributed by atoms with van der Waals surface area (Å²) >= 11 is 5.83. The topological polar surface area (TPSA) is 42.2 Å². The molecular weight excluding hydrogens is 250 g/mol. The second kappa shape index (κ2) is 5.27. The molecule has 0 spiro atoms. The minimum Gasteiger partial charge on any atom is -0.466 e. The van der Waals surface area contributed by atoms with E-state index < -0.39 is 0 Å². The van der Waals surface area contributed by atoms with Crippen LogP contribution in [0.5, 0.6) is 0 Å². The van der Waals surface area contributed by atoms with Crippen molar-refractivity contribution in [2.45, 2.75) is 19.7 Å². The van der Waals surface area contributed by atoms with E-state index in [2.05, 4.69) is 5.32 Å². The van der Waals surface area contributed by atoms with Crippen LogP contribution in [-0.2, 0) is 5.88 Å². The van der Waals surface area contributed by atoms with Crippen molar-refractivity contribution in [3.8, 4) is 0 Å². The summed E-state index contributed by atoms with van der Waals surface area (Å²) in [6.07, 6.45) is 0. The number of carbonyl (C=O) groups excluding carboxylic acids is 1. The van der Waals surface area contributed by atoms with Crippen molar-refractivity contribution in [2.24, 2.45) is 0 Å². The van der Waals surface area contributed by atoms with Gasteiger partial charge in [0.15, 0.2) is 0 Å². The monoisotopic (exact) mass is 263 g/mol. The predicted octanol–water partition coefficient (Wildman–Crippen LogP) is 3.89. The zero-order valence-corrected chi connectivity index (χ0v) is 11.0. The van der Waals surface area contributed by atoms with Crippen LogP contribution in [0.2, 0.25) is 0 Å². The highest BCUT2D eigenvalue weighted by Gasteiger charge is 2.14. The molecule has 2 rings (SSSR count). The normalized spacial score (nSPS) is 10.4. The van der Waals surface area contributed by atoms with E-state index in [1.165, 1.54) is 0 Å². The van der Waals surface area contributed by atoms with Gasteiger partial charge in [-0.1, -0.05) is 18.2 Å². The second-order valence-electron chi connectivity index (χ2n) is 4.07. The molecule has 0 bridgehead atoms. The van der Waals surface area contributed by atoms with Crippen LogP contribution in [0.1, 0.15) is 27.4 Å². The van der Waals surface area contributed by atoms with Crippen molar-refractivity contribution in [3.63, 3.8) is 0 Å². The maximum Gasteiger partial charge on any atom is 0.259 e. The number of hydrogen-bond acceptors (Lipinski definition) is 2. The molecule has 94 valence electrons. The molecule has 1 aromatic carbocycles. The Morgan fingerprint density at radius 1 is 1.33 bits per heavy atom. The lowest BCUT2D eigenvalue weighted by Crippen LogP contribution is -2.13. The second-order valence-corrected chi connectivity index (χ2v) is 4.34. The van der Waals surface area contributed by atoms with E-state index in [9.17, 15) is 4.79 Å². The number of para-hydroxylation sites is 1. The summed E-state index contributed by atoms with van der Waals surface area (Å²) in [6, 6.07) is 9.20. The Balaban J connectivity index is 2.24. The molecule has 0 unspecified atom stereocenters. The summed E-state index contributed by atoms with van der Waals surface area (Å²) in [5.41, 5.74) is 2.18. The molecule has 1 amide bonds. The number of amides is 1. The Bertz CT molecular complexity index is 575. The summed E-state index contributed by atoms with van der Waals surface area (Å²) in [4.78, 5) is 12.1. The Morgan fingerprint density at radius 3 is 2.67 bits per heavy atom. The maximum absolute atomic E-state index is 12.1. The van der Waals surface area contributed by atoms with Gasteiger partial charge in [0, 0.05) is 11.6 Å². The first kappa shape index (κ1) is 12.7. The minimum absolute atomic E-state index is 0.179. The third-order valence-electron chi connectivity index (χ3n) is 2.70. The van der Waals surface area contributed by atoms with Crippen molar-refractivity contribution >= 4 is 23.2 Å². The van der Waals surface area contributed by atoms with Crippen molar-refractivity contribution in [2.75, 3.05) is 5.32 Å². The van der Waals surface area contributed by atoms with E-state index in [0.717, 1.165) is 17.0 Å². The number of benzene rings is 1. The van der Waals surface area contributed by atoms with Gasteiger partial charge in [0.25, 0.3) is 5.91 Å². The highest BCUT2D eigenvalue weighted by Crippen LogP contribution is 2.20. The van der Waals surface area contributed by atoms with Gasteiger partial charge in [-0.25, -0.2) is 0 Å². The largest absolute Gasteiger partial charge is 0.466 e. The van der Waals surface area contributed by atoms with Gasteiger partial charge in [-0.05, 0) is 31.5 Å². The molecule has 3 nitrogen and oxygen atoms in total. The summed E-state index contributed by atoms with van der Waals surface area (Å²) < 4.78 is 5.34. The van der Waals surface area contributed by atoms with Crippen LogP contribution >= 0.6 is 11.6 Å². The van der Waals surface area contributed by atoms with Gasteiger partial charge in [0.1, 0.15) is 11.5 Å². The molecule has 0 fully saturated rings. The van der Waals surface area contributed by atoms with Crippen LogP contribution in [-0.4, -0.2) is 5.91 Å². The van der Waals surface area contributed by atoms with Crippen LogP contribution in [0.3, 0.4) is 0 Å². The number of halogens is 1. The molecule has 0 aliphatic rings. The lowest BCUT2D eigenvalue weighted by atomic mass is 10.2. The fourth-order valence-electron chi connectivity index (χ4n) is 1.80. The molecule has 1 aromatic heterocycles. The number of aryl methyl sites for hydroxylation is 2. The average Bonchev–Trinajstić information content (AvgIpc) is 2.69. The zero-order chi connectivity index (χ0) is 13.1. The van der Waals surface area contributed by atoms with Crippen LogP contribution < -0.4 is 5.32 Å². The summed E-state index contributed by atoms with van der Waals surface area (Å²) in [5, 5.41) is 2.85. The molecule has 18 heavy (non-hydrogen) atoms. The standard InChI is InChI=1S/C14H14ClNO2/c1-9-7-12(10(2)18-9)14(17)16-13-6-4-3-5-11(13)8-15/h3-7H,8H2,1-2H3,(H,16,17). The van der Waals surface area contributed by atoms with Crippen molar-refractivity contribution in [3.05, 3.63) is 53.0 Å². The SMILES string of the molecule is Cc1cc(C(=O)Nc2ccccc2CCl)c(C)o1. The number of alkyl halides is 1. The lowest BCUT2D eigenvalue weighted by Gasteiger charge is -2.08. The molecule has 0 saturated heterocycles. The first-order valence-electron chi connectivity index (χ1n) is 5.64. The smallest absolute Gasteiger partial charge is 0.259 e. The predicted molar refractivity (Wildman–Crippen MR) is 72.1 cm³/mol. The molecule has 0 saturated carbocycles. The number of carbonyl (C=O) groups is 1. The minimum atomic E-state index is -0.179. The highest BCUT2D eigenvalue weighted by atomic mass is 35.5. The van der Waals surface area contributed by atoms with Crippen LogP contribution in [0.15, 0.2) is 34.7 Å². The van der Waals surface area contributed by atoms with Crippen molar-refractivity contribution in [1.82, 2.24) is 0 Å². The Hall–Kier alpha value is -1.74. The first-order valence-corrected chi connectivity index (χ1v) is 6.17. The van der Waals surface area contributed by atoms with Gasteiger partial charge >= 0.3 is 0 Å². The first-order chi connectivity index (χ1) is 8.61. The molecule has 0 radical (unpaired) electrons. The molecule has 4 heteroatoms. The molecular formula is C14H14ClNO2. The number of furan rings is 1. The third kappa shape index (κ3) is 2.57. The molecule has 0 atom stereocenters. The van der Waals surface area contributed by atoms with Gasteiger partial charge in [0.2, 0.25) is 0 Å². The zero-order valence-electron chi connectivity index (χ0n) is 10.3. The van der Waals surface area contributed by atoms with E-state index in [4.69, 9.17) is 16.0 Å². The van der Waals surface area contributed by atoms with E-state index in [-0.39, 0.29) is 5.91 Å². The number of hydrogen-bond donors (Lipinski definition) is 1. The number of nitrogens with one attached hydrogen (secondary N) is 1. The Labute approximate surface area is 111 Å². The Morgan fingerprint density at radius 2 is 2.06 bits per heavy atom. The summed E-state index contributed by atoms with van der Waals surface area (Å²) in [6.45, 7) is 3.59. The number of anilines is 1. The molecule has 0 aliphatic heterocycles. The van der Waals surface area contributed by atoms with Gasteiger partial charge in [-0.3, -0.25) is 4.79 Å². The fraction of sp³-hybridized carbons (Fsp3) is 0.214. The van der Waals surface area contributed by atoms with Crippen LogP contribution in [0, 0.1) is 13.8 Å². The van der Waals surface area contributed by atoms with Crippen molar-refractivity contribution in [1.29, 1.82) is 0 Å². The average molecular weight is 264 g/mol. The lowest BCUT2D eigenvalue weighted by molar-refractivity contribution is 0.102. The molecule has 1 N–H and O–H groups in total. The van der Waals surface area contributed by atoms with E-state index in [0.29, 0.717) is 17.2 Å². The molecule has 2 aromatic rings. The maximum atomic E-state index is 12.1. The van der Waals surface area contributed by atoms with E-state index in [1.807, 2.05) is 31.2 Å². The van der Waals surface area contributed by atoms with E-state index >= 15 is 0 Å². The molecule has 0 aliphatic carbocycles. The summed E-state index contributed by atoms with van der Waals surface area (Å²) in [7, 11) is 0.